The zero-order chi connectivity index (χ0) is 13.1. The Hall–Kier alpha value is -1.98. The highest BCUT2D eigenvalue weighted by Gasteiger charge is 2.30. The van der Waals surface area contributed by atoms with E-state index in [0.717, 1.165) is 12.1 Å². The molecule has 0 saturated carbocycles. The summed E-state index contributed by atoms with van der Waals surface area (Å²) < 4.78 is 37.1. The van der Waals surface area contributed by atoms with Crippen LogP contribution in [0.15, 0.2) is 36.5 Å². The number of alkyl halides is 3. The van der Waals surface area contributed by atoms with Crippen molar-refractivity contribution in [2.75, 3.05) is 6.54 Å². The quantitative estimate of drug-likeness (QED) is 0.853. The number of amides is 1. The van der Waals surface area contributed by atoms with Gasteiger partial charge in [-0.05, 0) is 18.2 Å². The van der Waals surface area contributed by atoms with Crippen molar-refractivity contribution in [3.05, 3.63) is 47.7 Å². The summed E-state index contributed by atoms with van der Waals surface area (Å²) in [4.78, 5) is 11.5. The van der Waals surface area contributed by atoms with Crippen molar-refractivity contribution >= 4 is 5.91 Å². The van der Waals surface area contributed by atoms with Gasteiger partial charge in [-0.3, -0.25) is 4.79 Å². The molecule has 0 unspecified atom stereocenters. The van der Waals surface area contributed by atoms with Gasteiger partial charge in [0.1, 0.15) is 0 Å². The van der Waals surface area contributed by atoms with Crippen LogP contribution < -0.4 is 11.1 Å². The predicted molar refractivity (Wildman–Crippen MR) is 57.1 cm³/mol. The molecule has 0 fully saturated rings. The first kappa shape index (κ1) is 13.1. The molecule has 0 aromatic heterocycles. The van der Waals surface area contributed by atoms with Gasteiger partial charge in [-0.25, -0.2) is 0 Å². The van der Waals surface area contributed by atoms with E-state index < -0.39 is 17.6 Å². The highest BCUT2D eigenvalue weighted by Crippen LogP contribution is 2.29. The van der Waals surface area contributed by atoms with Crippen LogP contribution >= 0.6 is 0 Å². The molecule has 0 radical (unpaired) electrons. The van der Waals surface area contributed by atoms with Crippen LogP contribution in [0, 0.1) is 0 Å². The molecule has 6 heteroatoms. The number of rotatable bonds is 3. The molecule has 0 aliphatic heterocycles. The molecule has 17 heavy (non-hydrogen) atoms. The molecule has 1 rings (SSSR count). The average Bonchev–Trinajstić information content (AvgIpc) is 2.25. The summed E-state index contributed by atoms with van der Waals surface area (Å²) in [6, 6.07) is 4.16. The fourth-order valence-electron chi connectivity index (χ4n) is 1.13. The van der Waals surface area contributed by atoms with Gasteiger partial charge in [-0.15, -0.1) is 0 Å². The van der Waals surface area contributed by atoms with Gasteiger partial charge >= 0.3 is 6.18 Å². The SMILES string of the molecule is C=C(N)CNC(=O)c1cccc(C(F)(F)F)c1. The zero-order valence-corrected chi connectivity index (χ0v) is 8.84. The Morgan fingerprint density at radius 2 is 2.06 bits per heavy atom. The number of carbonyl (C=O) groups is 1. The summed E-state index contributed by atoms with van der Waals surface area (Å²) in [5.74, 6) is -0.623. The summed E-state index contributed by atoms with van der Waals surface area (Å²) in [5, 5.41) is 2.35. The first-order chi connectivity index (χ1) is 7.80. The van der Waals surface area contributed by atoms with Crippen LogP contribution in [0.3, 0.4) is 0 Å². The summed E-state index contributed by atoms with van der Waals surface area (Å²) >= 11 is 0. The number of benzene rings is 1. The second kappa shape index (κ2) is 4.90. The summed E-state index contributed by atoms with van der Waals surface area (Å²) in [7, 11) is 0. The third kappa shape index (κ3) is 3.82. The number of halogens is 3. The van der Waals surface area contributed by atoms with E-state index in [1.807, 2.05) is 0 Å². The van der Waals surface area contributed by atoms with Gasteiger partial charge in [0.2, 0.25) is 0 Å². The minimum absolute atomic E-state index is 0.0229. The third-order valence-electron chi connectivity index (χ3n) is 1.93. The fraction of sp³-hybridized carbons (Fsp3) is 0.182. The fourth-order valence-corrected chi connectivity index (χ4v) is 1.13. The minimum atomic E-state index is -4.46. The largest absolute Gasteiger partial charge is 0.416 e. The second-order valence-electron chi connectivity index (χ2n) is 3.42. The predicted octanol–water partition coefficient (Wildman–Crippen LogP) is 1.91. The van der Waals surface area contributed by atoms with E-state index in [2.05, 4.69) is 11.9 Å². The molecule has 0 aliphatic rings. The molecular formula is C11H11F3N2O. The number of hydrogen-bond acceptors (Lipinski definition) is 2. The Labute approximate surface area is 96.1 Å². The van der Waals surface area contributed by atoms with Crippen LogP contribution in [0.5, 0.6) is 0 Å². The first-order valence-corrected chi connectivity index (χ1v) is 4.69. The van der Waals surface area contributed by atoms with Crippen molar-refractivity contribution in [2.45, 2.75) is 6.18 Å². The van der Waals surface area contributed by atoms with E-state index in [-0.39, 0.29) is 17.8 Å². The minimum Gasteiger partial charge on any atom is -0.401 e. The molecule has 1 amide bonds. The van der Waals surface area contributed by atoms with Crippen LogP contribution in [-0.2, 0) is 6.18 Å². The van der Waals surface area contributed by atoms with E-state index in [1.54, 1.807) is 0 Å². The Bertz CT molecular complexity index is 441. The number of nitrogens with one attached hydrogen (secondary N) is 1. The summed E-state index contributed by atoms with van der Waals surface area (Å²) in [5.41, 5.74) is 4.52. The van der Waals surface area contributed by atoms with Gasteiger partial charge in [0, 0.05) is 11.3 Å². The molecule has 0 atom stereocenters. The maximum atomic E-state index is 12.4. The lowest BCUT2D eigenvalue weighted by atomic mass is 10.1. The number of hydrogen-bond donors (Lipinski definition) is 2. The lowest BCUT2D eigenvalue weighted by molar-refractivity contribution is -0.137. The first-order valence-electron chi connectivity index (χ1n) is 4.69. The monoisotopic (exact) mass is 244 g/mol. The number of carbonyl (C=O) groups excluding carboxylic acids is 1. The van der Waals surface area contributed by atoms with Crippen molar-refractivity contribution in [2.24, 2.45) is 5.73 Å². The van der Waals surface area contributed by atoms with Crippen LogP contribution in [-0.4, -0.2) is 12.5 Å². The van der Waals surface area contributed by atoms with Crippen molar-refractivity contribution in [1.82, 2.24) is 5.32 Å². The van der Waals surface area contributed by atoms with Crippen molar-refractivity contribution in [3.8, 4) is 0 Å². The Morgan fingerprint density at radius 3 is 2.59 bits per heavy atom. The maximum absolute atomic E-state index is 12.4. The Balaban J connectivity index is 2.85. The molecule has 0 saturated heterocycles. The zero-order valence-electron chi connectivity index (χ0n) is 8.84. The van der Waals surface area contributed by atoms with E-state index in [0.29, 0.717) is 0 Å². The number of nitrogens with two attached hydrogens (primary N) is 1. The summed E-state index contributed by atoms with van der Waals surface area (Å²) in [6.45, 7) is 3.38. The summed E-state index contributed by atoms with van der Waals surface area (Å²) in [6.07, 6.45) is -4.46. The standard InChI is InChI=1S/C11H11F3N2O/c1-7(15)6-16-10(17)8-3-2-4-9(5-8)11(12,13)14/h2-5H,1,6,15H2,(H,16,17). The Morgan fingerprint density at radius 1 is 1.41 bits per heavy atom. The van der Waals surface area contributed by atoms with Crippen LogP contribution in [0.1, 0.15) is 15.9 Å². The van der Waals surface area contributed by atoms with Crippen LogP contribution in [0.25, 0.3) is 0 Å². The van der Waals surface area contributed by atoms with Gasteiger partial charge in [0.15, 0.2) is 0 Å². The molecule has 1 aromatic rings. The highest BCUT2D eigenvalue weighted by atomic mass is 19.4. The van der Waals surface area contributed by atoms with E-state index in [1.165, 1.54) is 12.1 Å². The van der Waals surface area contributed by atoms with E-state index >= 15 is 0 Å². The molecule has 0 bridgehead atoms. The van der Waals surface area contributed by atoms with E-state index in [4.69, 9.17) is 5.73 Å². The van der Waals surface area contributed by atoms with Crippen molar-refractivity contribution < 1.29 is 18.0 Å². The van der Waals surface area contributed by atoms with Crippen molar-refractivity contribution in [1.29, 1.82) is 0 Å². The van der Waals surface area contributed by atoms with Gasteiger partial charge in [0.05, 0.1) is 12.1 Å². The molecule has 3 N–H and O–H groups in total. The topological polar surface area (TPSA) is 55.1 Å². The average molecular weight is 244 g/mol. The van der Waals surface area contributed by atoms with E-state index in [9.17, 15) is 18.0 Å². The molecule has 0 aliphatic carbocycles. The van der Waals surface area contributed by atoms with Crippen LogP contribution in [0.4, 0.5) is 13.2 Å². The van der Waals surface area contributed by atoms with Gasteiger partial charge < -0.3 is 11.1 Å². The normalized spacial score (nSPS) is 11.0. The molecule has 0 heterocycles. The van der Waals surface area contributed by atoms with Gasteiger partial charge in [-0.1, -0.05) is 12.6 Å². The highest BCUT2D eigenvalue weighted by molar-refractivity contribution is 5.94. The molecule has 3 nitrogen and oxygen atoms in total. The molecule has 92 valence electrons. The molecule has 1 aromatic carbocycles. The Kier molecular flexibility index (Phi) is 3.77. The van der Waals surface area contributed by atoms with Crippen LogP contribution in [0.2, 0.25) is 0 Å². The lowest BCUT2D eigenvalue weighted by Crippen LogP contribution is -2.27. The van der Waals surface area contributed by atoms with Gasteiger partial charge in [0.25, 0.3) is 5.91 Å². The second-order valence-corrected chi connectivity index (χ2v) is 3.42. The molecular weight excluding hydrogens is 233 g/mol. The smallest absolute Gasteiger partial charge is 0.401 e. The molecule has 0 spiro atoms. The third-order valence-corrected chi connectivity index (χ3v) is 1.93. The maximum Gasteiger partial charge on any atom is 0.416 e. The lowest BCUT2D eigenvalue weighted by Gasteiger charge is -2.09. The van der Waals surface area contributed by atoms with Crippen molar-refractivity contribution in [3.63, 3.8) is 0 Å². The van der Waals surface area contributed by atoms with Gasteiger partial charge in [-0.2, -0.15) is 13.2 Å².